The highest BCUT2D eigenvalue weighted by Gasteiger charge is 2.11. The summed E-state index contributed by atoms with van der Waals surface area (Å²) in [6.45, 7) is 1.31. The summed E-state index contributed by atoms with van der Waals surface area (Å²) in [5.74, 6) is -0.182. The van der Waals surface area contributed by atoms with E-state index in [4.69, 9.17) is 0 Å². The van der Waals surface area contributed by atoms with Crippen molar-refractivity contribution in [3.63, 3.8) is 0 Å². The summed E-state index contributed by atoms with van der Waals surface area (Å²) >= 11 is 0. The van der Waals surface area contributed by atoms with Crippen LogP contribution in [0.5, 0.6) is 0 Å². The number of benzene rings is 1. The van der Waals surface area contributed by atoms with E-state index in [1.807, 2.05) is 12.1 Å². The van der Waals surface area contributed by atoms with E-state index in [-0.39, 0.29) is 5.82 Å². The standard InChI is InChI=1S/C12H14FNO/c13-12-4-2-1-3-10(12)5-9-6-11(15)8-14-7-9/h1-4,6,11,14-15H,5,7-8H2. The van der Waals surface area contributed by atoms with Gasteiger partial charge in [-0.05, 0) is 18.1 Å². The molecule has 15 heavy (non-hydrogen) atoms. The second-order valence-electron chi connectivity index (χ2n) is 3.79. The van der Waals surface area contributed by atoms with Gasteiger partial charge in [-0.25, -0.2) is 4.39 Å². The van der Waals surface area contributed by atoms with E-state index >= 15 is 0 Å². The van der Waals surface area contributed by atoms with Crippen molar-refractivity contribution < 1.29 is 9.50 Å². The Hall–Kier alpha value is -1.19. The maximum Gasteiger partial charge on any atom is 0.126 e. The van der Waals surface area contributed by atoms with Gasteiger partial charge in [-0.2, -0.15) is 0 Å². The summed E-state index contributed by atoms with van der Waals surface area (Å²) in [5, 5.41) is 12.5. The molecular formula is C12H14FNO. The molecule has 1 aromatic carbocycles. The first-order chi connectivity index (χ1) is 7.25. The van der Waals surface area contributed by atoms with Crippen LogP contribution in [0.25, 0.3) is 0 Å². The van der Waals surface area contributed by atoms with Gasteiger partial charge in [0.1, 0.15) is 5.82 Å². The van der Waals surface area contributed by atoms with E-state index in [0.29, 0.717) is 18.5 Å². The van der Waals surface area contributed by atoms with Gasteiger partial charge in [0, 0.05) is 13.1 Å². The molecule has 1 atom stereocenters. The first kappa shape index (κ1) is 10.3. The zero-order chi connectivity index (χ0) is 10.7. The number of halogens is 1. The van der Waals surface area contributed by atoms with E-state index in [1.54, 1.807) is 12.1 Å². The van der Waals surface area contributed by atoms with Crippen molar-refractivity contribution in [1.29, 1.82) is 0 Å². The minimum absolute atomic E-state index is 0.182. The first-order valence-electron chi connectivity index (χ1n) is 5.07. The van der Waals surface area contributed by atoms with Crippen LogP contribution in [-0.4, -0.2) is 24.3 Å². The number of aliphatic hydroxyl groups is 1. The molecule has 0 radical (unpaired) electrons. The normalized spacial score (nSPS) is 21.2. The van der Waals surface area contributed by atoms with E-state index in [9.17, 15) is 9.50 Å². The first-order valence-corrected chi connectivity index (χ1v) is 5.07. The van der Waals surface area contributed by atoms with Gasteiger partial charge in [-0.1, -0.05) is 29.8 Å². The molecule has 0 saturated heterocycles. The molecule has 2 rings (SSSR count). The van der Waals surface area contributed by atoms with Crippen LogP contribution >= 0.6 is 0 Å². The maximum absolute atomic E-state index is 13.3. The van der Waals surface area contributed by atoms with Crippen molar-refractivity contribution in [2.24, 2.45) is 0 Å². The molecule has 0 aliphatic carbocycles. The van der Waals surface area contributed by atoms with Gasteiger partial charge in [-0.15, -0.1) is 0 Å². The van der Waals surface area contributed by atoms with Crippen LogP contribution in [0, 0.1) is 5.82 Å². The number of aliphatic hydroxyl groups excluding tert-OH is 1. The van der Waals surface area contributed by atoms with E-state index in [1.165, 1.54) is 6.07 Å². The van der Waals surface area contributed by atoms with E-state index in [0.717, 1.165) is 12.1 Å². The average molecular weight is 207 g/mol. The number of hydrogen-bond donors (Lipinski definition) is 2. The molecule has 2 N–H and O–H groups in total. The highest BCUT2D eigenvalue weighted by atomic mass is 19.1. The van der Waals surface area contributed by atoms with Crippen LogP contribution < -0.4 is 5.32 Å². The van der Waals surface area contributed by atoms with Gasteiger partial charge in [-0.3, -0.25) is 0 Å². The third kappa shape index (κ3) is 2.64. The van der Waals surface area contributed by atoms with Gasteiger partial charge >= 0.3 is 0 Å². The van der Waals surface area contributed by atoms with Crippen LogP contribution in [0.1, 0.15) is 5.56 Å². The summed E-state index contributed by atoms with van der Waals surface area (Å²) < 4.78 is 13.3. The molecule has 1 unspecified atom stereocenters. The van der Waals surface area contributed by atoms with Crippen molar-refractivity contribution in [3.05, 3.63) is 47.3 Å². The molecule has 0 spiro atoms. The van der Waals surface area contributed by atoms with Gasteiger partial charge in [0.15, 0.2) is 0 Å². The van der Waals surface area contributed by atoms with Gasteiger partial charge in [0.05, 0.1) is 6.10 Å². The lowest BCUT2D eigenvalue weighted by molar-refractivity contribution is 0.212. The second-order valence-corrected chi connectivity index (χ2v) is 3.79. The van der Waals surface area contributed by atoms with Crippen molar-refractivity contribution in [2.75, 3.05) is 13.1 Å². The molecule has 1 aromatic rings. The third-order valence-electron chi connectivity index (χ3n) is 2.51. The van der Waals surface area contributed by atoms with Gasteiger partial charge in [0.25, 0.3) is 0 Å². The van der Waals surface area contributed by atoms with Crippen molar-refractivity contribution in [2.45, 2.75) is 12.5 Å². The quantitative estimate of drug-likeness (QED) is 0.715. The predicted molar refractivity (Wildman–Crippen MR) is 57.1 cm³/mol. The largest absolute Gasteiger partial charge is 0.388 e. The van der Waals surface area contributed by atoms with Crippen LogP contribution in [-0.2, 0) is 6.42 Å². The monoisotopic (exact) mass is 207 g/mol. The summed E-state index contributed by atoms with van der Waals surface area (Å²) in [7, 11) is 0. The fourth-order valence-corrected chi connectivity index (χ4v) is 1.78. The lowest BCUT2D eigenvalue weighted by Gasteiger charge is -2.18. The van der Waals surface area contributed by atoms with Gasteiger partial charge < -0.3 is 10.4 Å². The number of rotatable bonds is 2. The van der Waals surface area contributed by atoms with Crippen molar-refractivity contribution >= 4 is 0 Å². The smallest absolute Gasteiger partial charge is 0.126 e. The molecule has 1 aliphatic heterocycles. The van der Waals surface area contributed by atoms with Crippen LogP contribution in [0.15, 0.2) is 35.9 Å². The number of nitrogens with one attached hydrogen (secondary N) is 1. The fraction of sp³-hybridized carbons (Fsp3) is 0.333. The molecular weight excluding hydrogens is 193 g/mol. The van der Waals surface area contributed by atoms with E-state index in [2.05, 4.69) is 5.32 Å². The Morgan fingerprint density at radius 3 is 2.93 bits per heavy atom. The average Bonchev–Trinajstić information content (AvgIpc) is 2.22. The number of hydrogen-bond acceptors (Lipinski definition) is 2. The Balaban J connectivity index is 2.12. The molecule has 0 aromatic heterocycles. The summed E-state index contributed by atoms with van der Waals surface area (Å²) in [4.78, 5) is 0. The zero-order valence-electron chi connectivity index (χ0n) is 8.41. The number of β-amino-alcohol motifs (C(OH)–C–C–N with tert-alkyl or cyclic N) is 1. The highest BCUT2D eigenvalue weighted by molar-refractivity contribution is 5.25. The SMILES string of the molecule is OC1C=C(Cc2ccccc2F)CNC1. The molecule has 3 heteroatoms. The maximum atomic E-state index is 13.3. The second kappa shape index (κ2) is 4.55. The summed E-state index contributed by atoms with van der Waals surface area (Å²) in [6, 6.07) is 6.74. The summed E-state index contributed by atoms with van der Waals surface area (Å²) in [5.41, 5.74) is 1.72. The van der Waals surface area contributed by atoms with Crippen molar-refractivity contribution in [3.8, 4) is 0 Å². The molecule has 1 heterocycles. The Morgan fingerprint density at radius 1 is 1.40 bits per heavy atom. The summed E-state index contributed by atoms with van der Waals surface area (Å²) in [6.07, 6.45) is 1.93. The Kier molecular flexibility index (Phi) is 3.14. The van der Waals surface area contributed by atoms with Crippen LogP contribution in [0.4, 0.5) is 4.39 Å². The molecule has 2 nitrogen and oxygen atoms in total. The Morgan fingerprint density at radius 2 is 2.20 bits per heavy atom. The lowest BCUT2D eigenvalue weighted by Crippen LogP contribution is -2.32. The molecule has 1 aliphatic rings. The van der Waals surface area contributed by atoms with Crippen molar-refractivity contribution in [1.82, 2.24) is 5.32 Å². The Labute approximate surface area is 88.4 Å². The molecule has 0 bridgehead atoms. The fourth-order valence-electron chi connectivity index (χ4n) is 1.78. The van der Waals surface area contributed by atoms with Gasteiger partial charge in [0.2, 0.25) is 0 Å². The minimum Gasteiger partial charge on any atom is -0.388 e. The van der Waals surface area contributed by atoms with Crippen LogP contribution in [0.3, 0.4) is 0 Å². The molecule has 0 fully saturated rings. The third-order valence-corrected chi connectivity index (χ3v) is 2.51. The van der Waals surface area contributed by atoms with Crippen LogP contribution in [0.2, 0.25) is 0 Å². The van der Waals surface area contributed by atoms with E-state index < -0.39 is 6.10 Å². The minimum atomic E-state index is -0.444. The predicted octanol–water partition coefficient (Wildman–Crippen LogP) is 1.26. The molecule has 80 valence electrons. The molecule has 0 amide bonds. The Bertz CT molecular complexity index is 376. The topological polar surface area (TPSA) is 32.3 Å². The zero-order valence-corrected chi connectivity index (χ0v) is 8.41. The lowest BCUT2D eigenvalue weighted by atomic mass is 10.0. The highest BCUT2D eigenvalue weighted by Crippen LogP contribution is 2.13. The molecule has 0 saturated carbocycles.